The van der Waals surface area contributed by atoms with Crippen molar-refractivity contribution in [3.63, 3.8) is 0 Å². The number of ether oxygens (including phenoxy) is 1. The van der Waals surface area contributed by atoms with E-state index in [2.05, 4.69) is 5.32 Å². The van der Waals surface area contributed by atoms with Crippen molar-refractivity contribution in [2.75, 3.05) is 23.4 Å². The van der Waals surface area contributed by atoms with Crippen molar-refractivity contribution in [1.82, 2.24) is 0 Å². The number of anilines is 3. The normalized spacial score (nSPS) is 10.2. The molecule has 0 fully saturated rings. The van der Waals surface area contributed by atoms with Gasteiger partial charge in [-0.05, 0) is 36.4 Å². The Hall–Kier alpha value is -3.44. The van der Waals surface area contributed by atoms with E-state index < -0.39 is 0 Å². The highest BCUT2D eigenvalue weighted by Gasteiger charge is 2.18. The van der Waals surface area contributed by atoms with E-state index >= 15 is 0 Å². The zero-order chi connectivity index (χ0) is 18.9. The molecular weight excluding hydrogens is 340 g/mol. The first kappa shape index (κ1) is 18.4. The number of hydrogen-bond acceptors (Lipinski definition) is 3. The van der Waals surface area contributed by atoms with Crippen molar-refractivity contribution >= 4 is 28.9 Å². The summed E-state index contributed by atoms with van der Waals surface area (Å²) >= 11 is 0. The van der Waals surface area contributed by atoms with Crippen molar-refractivity contribution < 1.29 is 14.3 Å². The summed E-state index contributed by atoms with van der Waals surface area (Å²) in [6.45, 7) is -0.399. The standard InChI is InChI=1S/C22H20N2O3/c25-21(23-18-10-4-1-5-11-18)16-27-17-22(26)24(19-12-6-2-7-13-19)20-14-8-3-9-15-20/h1-15H,16-17H2,(H,23,25). The Morgan fingerprint density at radius 3 is 1.70 bits per heavy atom. The lowest BCUT2D eigenvalue weighted by molar-refractivity contribution is -0.126. The maximum atomic E-state index is 12.8. The van der Waals surface area contributed by atoms with Crippen LogP contribution < -0.4 is 10.2 Å². The van der Waals surface area contributed by atoms with Gasteiger partial charge in [-0.2, -0.15) is 0 Å². The molecule has 0 heterocycles. The van der Waals surface area contributed by atoms with Gasteiger partial charge in [0.15, 0.2) is 0 Å². The van der Waals surface area contributed by atoms with Crippen molar-refractivity contribution in [2.45, 2.75) is 0 Å². The molecule has 3 aromatic rings. The molecule has 0 unspecified atom stereocenters. The van der Waals surface area contributed by atoms with Gasteiger partial charge in [-0.1, -0.05) is 54.6 Å². The third-order valence-electron chi connectivity index (χ3n) is 3.79. The molecular formula is C22H20N2O3. The monoisotopic (exact) mass is 360 g/mol. The molecule has 5 heteroatoms. The summed E-state index contributed by atoms with van der Waals surface area (Å²) < 4.78 is 5.35. The Morgan fingerprint density at radius 1 is 0.704 bits per heavy atom. The van der Waals surface area contributed by atoms with E-state index in [1.54, 1.807) is 17.0 Å². The van der Waals surface area contributed by atoms with Gasteiger partial charge in [0.1, 0.15) is 13.2 Å². The fourth-order valence-electron chi connectivity index (χ4n) is 2.61. The summed E-state index contributed by atoms with van der Waals surface area (Å²) in [4.78, 5) is 26.3. The molecule has 0 bridgehead atoms. The Bertz CT molecular complexity index is 828. The largest absolute Gasteiger partial charge is 0.362 e. The number of nitrogens with zero attached hydrogens (tertiary/aromatic N) is 1. The van der Waals surface area contributed by atoms with Crippen LogP contribution in [0.3, 0.4) is 0 Å². The number of rotatable bonds is 7. The van der Waals surface area contributed by atoms with Crippen LogP contribution in [-0.4, -0.2) is 25.0 Å². The molecule has 0 radical (unpaired) electrons. The third-order valence-corrected chi connectivity index (χ3v) is 3.79. The average Bonchev–Trinajstić information content (AvgIpc) is 2.70. The number of amides is 2. The van der Waals surface area contributed by atoms with E-state index in [9.17, 15) is 9.59 Å². The average molecular weight is 360 g/mol. The fraction of sp³-hybridized carbons (Fsp3) is 0.0909. The first-order valence-corrected chi connectivity index (χ1v) is 8.60. The van der Waals surface area contributed by atoms with Crippen LogP contribution in [0, 0.1) is 0 Å². The van der Waals surface area contributed by atoms with Gasteiger partial charge in [0.2, 0.25) is 5.91 Å². The van der Waals surface area contributed by atoms with Crippen LogP contribution in [0.15, 0.2) is 91.0 Å². The van der Waals surface area contributed by atoms with Crippen molar-refractivity contribution in [3.8, 4) is 0 Å². The molecule has 2 amide bonds. The number of hydrogen-bond donors (Lipinski definition) is 1. The smallest absolute Gasteiger partial charge is 0.257 e. The zero-order valence-electron chi connectivity index (χ0n) is 14.7. The summed E-state index contributed by atoms with van der Waals surface area (Å²) in [6, 6.07) is 27.8. The van der Waals surface area contributed by atoms with Crippen LogP contribution in [0.1, 0.15) is 0 Å². The number of carbonyl (C=O) groups excluding carboxylic acids is 2. The van der Waals surface area contributed by atoms with Crippen LogP contribution in [0.4, 0.5) is 17.1 Å². The lowest BCUT2D eigenvalue weighted by atomic mass is 10.2. The van der Waals surface area contributed by atoms with Crippen molar-refractivity contribution in [1.29, 1.82) is 0 Å². The van der Waals surface area contributed by atoms with Crippen LogP contribution in [0.25, 0.3) is 0 Å². The first-order chi connectivity index (χ1) is 13.2. The molecule has 0 aromatic heterocycles. The van der Waals surface area contributed by atoms with E-state index in [-0.39, 0.29) is 25.0 Å². The number of nitrogens with one attached hydrogen (secondary N) is 1. The zero-order valence-corrected chi connectivity index (χ0v) is 14.7. The maximum absolute atomic E-state index is 12.8. The fourth-order valence-corrected chi connectivity index (χ4v) is 2.61. The van der Waals surface area contributed by atoms with E-state index in [0.29, 0.717) is 5.69 Å². The Morgan fingerprint density at radius 2 is 1.19 bits per heavy atom. The molecule has 0 spiro atoms. The molecule has 0 aliphatic carbocycles. The van der Waals surface area contributed by atoms with Gasteiger partial charge >= 0.3 is 0 Å². The highest BCUT2D eigenvalue weighted by molar-refractivity contribution is 6.01. The Kier molecular flexibility index (Phi) is 6.33. The molecule has 27 heavy (non-hydrogen) atoms. The van der Waals surface area contributed by atoms with Crippen LogP contribution in [0.2, 0.25) is 0 Å². The second kappa shape index (κ2) is 9.31. The van der Waals surface area contributed by atoms with Gasteiger partial charge in [-0.15, -0.1) is 0 Å². The van der Waals surface area contributed by atoms with E-state index in [1.165, 1.54) is 0 Å². The highest BCUT2D eigenvalue weighted by Crippen LogP contribution is 2.25. The van der Waals surface area contributed by atoms with Gasteiger partial charge in [0, 0.05) is 17.1 Å². The molecule has 0 aliphatic rings. The molecule has 0 saturated carbocycles. The van der Waals surface area contributed by atoms with Gasteiger partial charge < -0.3 is 10.1 Å². The van der Waals surface area contributed by atoms with Crippen LogP contribution in [0.5, 0.6) is 0 Å². The van der Waals surface area contributed by atoms with E-state index in [4.69, 9.17) is 4.74 Å². The van der Waals surface area contributed by atoms with Gasteiger partial charge in [-0.3, -0.25) is 14.5 Å². The minimum Gasteiger partial charge on any atom is -0.362 e. The maximum Gasteiger partial charge on any atom is 0.257 e. The SMILES string of the molecule is O=C(COCC(=O)N(c1ccccc1)c1ccccc1)Nc1ccccc1. The lowest BCUT2D eigenvalue weighted by Crippen LogP contribution is -2.31. The quantitative estimate of drug-likeness (QED) is 0.693. The second-order valence-electron chi connectivity index (χ2n) is 5.81. The molecule has 3 aromatic carbocycles. The topological polar surface area (TPSA) is 58.6 Å². The van der Waals surface area contributed by atoms with E-state index in [0.717, 1.165) is 11.4 Å². The van der Waals surface area contributed by atoms with Gasteiger partial charge in [0.25, 0.3) is 5.91 Å². The Labute approximate surface area is 158 Å². The van der Waals surface area contributed by atoms with Crippen LogP contribution in [-0.2, 0) is 14.3 Å². The van der Waals surface area contributed by atoms with Crippen LogP contribution >= 0.6 is 0 Å². The molecule has 0 saturated heterocycles. The third kappa shape index (κ3) is 5.26. The Balaban J connectivity index is 1.61. The second-order valence-corrected chi connectivity index (χ2v) is 5.81. The van der Waals surface area contributed by atoms with Crippen molar-refractivity contribution in [2.24, 2.45) is 0 Å². The molecule has 0 aliphatic heterocycles. The molecule has 0 atom stereocenters. The van der Waals surface area contributed by atoms with Crippen molar-refractivity contribution in [3.05, 3.63) is 91.0 Å². The summed E-state index contributed by atoms with van der Waals surface area (Å²) in [5, 5.41) is 2.72. The van der Waals surface area contributed by atoms with Gasteiger partial charge in [-0.25, -0.2) is 0 Å². The summed E-state index contributed by atoms with van der Waals surface area (Å²) in [5.41, 5.74) is 2.17. The minimum absolute atomic E-state index is 0.196. The first-order valence-electron chi connectivity index (χ1n) is 8.60. The molecule has 136 valence electrons. The number of benzene rings is 3. The summed E-state index contributed by atoms with van der Waals surface area (Å²) in [7, 11) is 0. The molecule has 5 nitrogen and oxygen atoms in total. The van der Waals surface area contributed by atoms with Gasteiger partial charge in [0.05, 0.1) is 0 Å². The summed E-state index contributed by atoms with van der Waals surface area (Å²) in [5.74, 6) is -0.556. The number of carbonyl (C=O) groups is 2. The number of para-hydroxylation sites is 3. The molecule has 3 rings (SSSR count). The lowest BCUT2D eigenvalue weighted by Gasteiger charge is -2.23. The van der Waals surface area contributed by atoms with E-state index in [1.807, 2.05) is 78.9 Å². The highest BCUT2D eigenvalue weighted by atomic mass is 16.5. The predicted octanol–water partition coefficient (Wildman–Crippen LogP) is 4.01. The minimum atomic E-state index is -0.306. The predicted molar refractivity (Wildman–Crippen MR) is 106 cm³/mol. The summed E-state index contributed by atoms with van der Waals surface area (Å²) in [6.07, 6.45) is 0. The molecule has 1 N–H and O–H groups in total.